The third kappa shape index (κ3) is 5.91. The maximum atomic E-state index is 12.7. The zero-order chi connectivity index (χ0) is 23.4. The fourth-order valence-corrected chi connectivity index (χ4v) is 4.46. The third-order valence-corrected chi connectivity index (χ3v) is 6.36. The van der Waals surface area contributed by atoms with Gasteiger partial charge in [-0.15, -0.1) is 0 Å². The number of carbonyl (C=O) groups excluding carboxylic acids is 2. The van der Waals surface area contributed by atoms with Gasteiger partial charge < -0.3 is 24.6 Å². The van der Waals surface area contributed by atoms with E-state index in [0.717, 1.165) is 19.6 Å². The van der Waals surface area contributed by atoms with E-state index in [1.165, 1.54) is 19.3 Å². The Hall–Kier alpha value is -2.48. The highest BCUT2D eigenvalue weighted by Gasteiger charge is 2.27. The summed E-state index contributed by atoms with van der Waals surface area (Å²) in [5.41, 5.74) is 1.22. The number of anilines is 2. The highest BCUT2D eigenvalue weighted by atomic mass is 35.5. The Morgan fingerprint density at radius 1 is 1.12 bits per heavy atom. The lowest BCUT2D eigenvalue weighted by Gasteiger charge is -2.33. The molecule has 4 rings (SSSR count). The summed E-state index contributed by atoms with van der Waals surface area (Å²) in [5, 5.41) is 3.66. The van der Waals surface area contributed by atoms with Crippen molar-refractivity contribution in [3.8, 4) is 11.5 Å². The van der Waals surface area contributed by atoms with Crippen LogP contribution in [-0.4, -0.2) is 55.6 Å². The molecule has 7 nitrogen and oxygen atoms in total. The van der Waals surface area contributed by atoms with E-state index in [2.05, 4.69) is 10.2 Å². The third-order valence-electron chi connectivity index (χ3n) is 5.82. The van der Waals surface area contributed by atoms with Gasteiger partial charge in [0.1, 0.15) is 11.5 Å². The van der Waals surface area contributed by atoms with Gasteiger partial charge in [0.2, 0.25) is 0 Å². The second-order valence-electron chi connectivity index (χ2n) is 8.24. The number of hydrogen-bond donors (Lipinski definition) is 1. The van der Waals surface area contributed by atoms with Gasteiger partial charge >= 0.3 is 0 Å². The molecular weight excluding hydrogens is 465 g/mol. The average molecular weight is 492 g/mol. The summed E-state index contributed by atoms with van der Waals surface area (Å²) in [7, 11) is 0. The van der Waals surface area contributed by atoms with Crippen LogP contribution in [0.25, 0.3) is 0 Å². The zero-order valence-corrected chi connectivity index (χ0v) is 20.0. The Kier molecular flexibility index (Phi) is 7.63. The number of piperidine rings is 1. The van der Waals surface area contributed by atoms with Crippen molar-refractivity contribution >= 4 is 46.4 Å². The lowest BCUT2D eigenvalue weighted by Crippen LogP contribution is -2.44. The first-order valence-electron chi connectivity index (χ1n) is 11.1. The summed E-state index contributed by atoms with van der Waals surface area (Å²) in [5.74, 6) is 0.571. The molecule has 176 valence electrons. The Morgan fingerprint density at radius 3 is 2.67 bits per heavy atom. The number of nitrogens with one attached hydrogen (secondary N) is 1. The summed E-state index contributed by atoms with van der Waals surface area (Å²) < 4.78 is 11.3. The van der Waals surface area contributed by atoms with Gasteiger partial charge in [0, 0.05) is 23.8 Å². The molecule has 0 spiro atoms. The highest BCUT2D eigenvalue weighted by Crippen LogP contribution is 2.35. The minimum atomic E-state index is -0.798. The minimum absolute atomic E-state index is 0.0193. The van der Waals surface area contributed by atoms with Gasteiger partial charge in [0.15, 0.2) is 12.7 Å². The van der Waals surface area contributed by atoms with Gasteiger partial charge in [-0.1, -0.05) is 29.6 Å². The molecule has 2 aliphatic rings. The molecule has 2 aromatic carbocycles. The second kappa shape index (κ2) is 10.6. The molecule has 1 atom stereocenters. The number of fused-ring (bicyclic) bond motifs is 1. The van der Waals surface area contributed by atoms with Crippen LogP contribution in [-0.2, 0) is 9.59 Å². The highest BCUT2D eigenvalue weighted by molar-refractivity contribution is 6.35. The fraction of sp³-hybridized carbons (Fsp3) is 0.417. The minimum Gasteiger partial charge on any atom is -0.482 e. The van der Waals surface area contributed by atoms with Gasteiger partial charge in [-0.25, -0.2) is 0 Å². The average Bonchev–Trinajstić information content (AvgIpc) is 2.81. The van der Waals surface area contributed by atoms with Crippen molar-refractivity contribution in [3.05, 3.63) is 46.4 Å². The lowest BCUT2D eigenvalue weighted by atomic mass is 10.1. The molecule has 1 saturated heterocycles. The van der Waals surface area contributed by atoms with Crippen molar-refractivity contribution < 1.29 is 19.1 Å². The van der Waals surface area contributed by atoms with Gasteiger partial charge in [-0.3, -0.25) is 9.59 Å². The van der Waals surface area contributed by atoms with E-state index in [1.54, 1.807) is 48.2 Å². The van der Waals surface area contributed by atoms with E-state index in [0.29, 0.717) is 39.5 Å². The molecule has 2 amide bonds. The van der Waals surface area contributed by atoms with Gasteiger partial charge in [0.05, 0.1) is 10.7 Å². The molecular formula is C24H27Cl2N3O4. The van der Waals surface area contributed by atoms with Crippen LogP contribution in [0.3, 0.4) is 0 Å². The quantitative estimate of drug-likeness (QED) is 0.612. The molecule has 2 heterocycles. The topological polar surface area (TPSA) is 71.1 Å². The van der Waals surface area contributed by atoms with Crippen LogP contribution < -0.4 is 19.7 Å². The summed E-state index contributed by atoms with van der Waals surface area (Å²) in [6.45, 7) is 5.19. The van der Waals surface area contributed by atoms with Crippen LogP contribution in [0.15, 0.2) is 36.4 Å². The summed E-state index contributed by atoms with van der Waals surface area (Å²) in [6, 6.07) is 10.1. The molecule has 2 aliphatic heterocycles. The van der Waals surface area contributed by atoms with E-state index in [1.807, 2.05) is 0 Å². The van der Waals surface area contributed by atoms with Crippen molar-refractivity contribution in [2.45, 2.75) is 32.3 Å². The number of rotatable bonds is 7. The SMILES string of the molecule is CC(Oc1ccc(Cl)cc1Cl)C(=O)Nc1ccc2c(c1)N(CCN1CCCCC1)C(=O)CO2. The predicted octanol–water partition coefficient (Wildman–Crippen LogP) is 4.61. The molecule has 0 radical (unpaired) electrons. The molecule has 33 heavy (non-hydrogen) atoms. The predicted molar refractivity (Wildman–Crippen MR) is 130 cm³/mol. The lowest BCUT2D eigenvalue weighted by molar-refractivity contribution is -0.122. The Bertz CT molecular complexity index is 1030. The van der Waals surface area contributed by atoms with Crippen LogP contribution in [0.4, 0.5) is 11.4 Å². The summed E-state index contributed by atoms with van der Waals surface area (Å²) in [4.78, 5) is 29.4. The van der Waals surface area contributed by atoms with Crippen LogP contribution in [0.5, 0.6) is 11.5 Å². The fourth-order valence-electron chi connectivity index (χ4n) is 4.01. The van der Waals surface area contributed by atoms with Crippen LogP contribution >= 0.6 is 23.2 Å². The van der Waals surface area contributed by atoms with E-state index in [-0.39, 0.29) is 18.4 Å². The van der Waals surface area contributed by atoms with Crippen LogP contribution in [0.1, 0.15) is 26.2 Å². The summed E-state index contributed by atoms with van der Waals surface area (Å²) in [6.07, 6.45) is 2.87. The Morgan fingerprint density at radius 2 is 1.91 bits per heavy atom. The molecule has 1 unspecified atom stereocenters. The van der Waals surface area contributed by atoms with Crippen LogP contribution in [0, 0.1) is 0 Å². The van der Waals surface area contributed by atoms with Crippen molar-refractivity contribution in [1.29, 1.82) is 0 Å². The van der Waals surface area contributed by atoms with E-state index in [9.17, 15) is 9.59 Å². The van der Waals surface area contributed by atoms with Gasteiger partial charge in [0.25, 0.3) is 11.8 Å². The van der Waals surface area contributed by atoms with E-state index < -0.39 is 6.10 Å². The monoisotopic (exact) mass is 491 g/mol. The normalized spacial score (nSPS) is 17.2. The Balaban J connectivity index is 1.43. The molecule has 0 aliphatic carbocycles. The van der Waals surface area contributed by atoms with Gasteiger partial charge in [-0.2, -0.15) is 0 Å². The van der Waals surface area contributed by atoms with Crippen LogP contribution in [0.2, 0.25) is 10.0 Å². The molecule has 9 heteroatoms. The Labute approximate surface area is 203 Å². The molecule has 1 fully saturated rings. The number of nitrogens with zero attached hydrogens (tertiary/aromatic N) is 2. The maximum absolute atomic E-state index is 12.7. The van der Waals surface area contributed by atoms with Crippen molar-refractivity contribution in [2.75, 3.05) is 43.0 Å². The standard InChI is InChI=1S/C24H27Cl2N3O4/c1-16(33-21-7-5-17(25)13-19(21)26)24(31)27-18-6-8-22-20(14-18)29(23(30)15-32-22)12-11-28-9-3-2-4-10-28/h5-8,13-14,16H,2-4,9-12,15H2,1H3,(H,27,31). The number of likely N-dealkylation sites (tertiary alicyclic amines) is 1. The molecule has 0 saturated carbocycles. The molecule has 2 aromatic rings. The van der Waals surface area contributed by atoms with Crippen molar-refractivity contribution in [1.82, 2.24) is 4.90 Å². The second-order valence-corrected chi connectivity index (χ2v) is 9.09. The first kappa shape index (κ1) is 23.7. The molecule has 0 aromatic heterocycles. The van der Waals surface area contributed by atoms with Crippen molar-refractivity contribution in [2.24, 2.45) is 0 Å². The number of amides is 2. The zero-order valence-electron chi connectivity index (χ0n) is 18.5. The van der Waals surface area contributed by atoms with E-state index >= 15 is 0 Å². The van der Waals surface area contributed by atoms with E-state index in [4.69, 9.17) is 32.7 Å². The smallest absolute Gasteiger partial charge is 0.265 e. The molecule has 0 bridgehead atoms. The maximum Gasteiger partial charge on any atom is 0.265 e. The number of hydrogen-bond acceptors (Lipinski definition) is 5. The number of benzene rings is 2. The molecule has 1 N–H and O–H groups in total. The first-order valence-corrected chi connectivity index (χ1v) is 11.9. The number of ether oxygens (including phenoxy) is 2. The largest absolute Gasteiger partial charge is 0.482 e. The first-order chi connectivity index (χ1) is 15.9. The van der Waals surface area contributed by atoms with Crippen molar-refractivity contribution in [3.63, 3.8) is 0 Å². The number of carbonyl (C=O) groups is 2. The number of halogens is 2. The summed E-state index contributed by atoms with van der Waals surface area (Å²) >= 11 is 12.0. The van der Waals surface area contributed by atoms with Gasteiger partial charge in [-0.05, 0) is 69.3 Å².